The number of carbonyl (C=O) groups is 1. The number of furan rings is 1. The zero-order valence-electron chi connectivity index (χ0n) is 8.04. The van der Waals surface area contributed by atoms with E-state index in [9.17, 15) is 14.9 Å². The van der Waals surface area contributed by atoms with Crippen molar-refractivity contribution in [2.24, 2.45) is 0 Å². The maximum absolute atomic E-state index is 10.4. The Hall–Kier alpha value is -1.91. The average Bonchev–Trinajstić information content (AvgIpc) is 2.68. The molecule has 0 spiro atoms. The second kappa shape index (κ2) is 5.74. The summed E-state index contributed by atoms with van der Waals surface area (Å²) in [5, 5.41) is 10.4. The van der Waals surface area contributed by atoms with Gasteiger partial charge in [-0.2, -0.15) is 0 Å². The number of carbonyl (C=O) groups excluding carboxylic acids is 1. The topological polar surface area (TPSA) is 73.3 Å². The Kier molecular flexibility index (Phi) is 4.28. The van der Waals surface area contributed by atoms with Crippen molar-refractivity contribution in [3.63, 3.8) is 0 Å². The number of allylic oxidation sites excluding steroid dienone is 2. The van der Waals surface area contributed by atoms with Gasteiger partial charge in [-0.25, -0.2) is 0 Å². The fraction of sp³-hybridized carbons (Fsp3) is 0.300. The van der Waals surface area contributed by atoms with Crippen LogP contribution in [0.15, 0.2) is 35.0 Å². The van der Waals surface area contributed by atoms with Crippen LogP contribution in [0.3, 0.4) is 0 Å². The molecule has 0 aliphatic rings. The maximum atomic E-state index is 10.4. The molecule has 1 aromatic rings. The van der Waals surface area contributed by atoms with Crippen molar-refractivity contribution in [3.8, 4) is 0 Å². The number of hydrogen-bond acceptors (Lipinski definition) is 4. The van der Waals surface area contributed by atoms with Gasteiger partial charge in [0.25, 0.3) is 0 Å². The molecule has 1 heterocycles. The molecule has 1 aromatic heterocycles. The Bertz CT molecular complexity index is 342. The highest BCUT2D eigenvalue weighted by molar-refractivity contribution is 5.64. The first kappa shape index (κ1) is 11.2. The highest BCUT2D eigenvalue weighted by Crippen LogP contribution is 2.20. The monoisotopic (exact) mass is 209 g/mol. The molecule has 5 nitrogen and oxygen atoms in total. The van der Waals surface area contributed by atoms with Crippen LogP contribution in [0.1, 0.15) is 18.1 Å². The highest BCUT2D eigenvalue weighted by Gasteiger charge is 2.18. The SMILES string of the molecule is O=C/C=C/CC(C[N+](=O)[O-])c1ccco1. The van der Waals surface area contributed by atoms with Crippen LogP contribution in [0.4, 0.5) is 0 Å². The van der Waals surface area contributed by atoms with Crippen molar-refractivity contribution in [1.29, 1.82) is 0 Å². The van der Waals surface area contributed by atoms with Crippen LogP contribution in [-0.4, -0.2) is 17.8 Å². The molecule has 0 aliphatic carbocycles. The van der Waals surface area contributed by atoms with Crippen molar-refractivity contribution in [3.05, 3.63) is 46.4 Å². The summed E-state index contributed by atoms with van der Waals surface area (Å²) in [4.78, 5) is 20.1. The Balaban J connectivity index is 2.65. The minimum atomic E-state index is -0.387. The smallest absolute Gasteiger partial charge is 0.214 e. The molecular weight excluding hydrogens is 198 g/mol. The third kappa shape index (κ3) is 3.76. The molecule has 0 radical (unpaired) electrons. The zero-order chi connectivity index (χ0) is 11.1. The predicted octanol–water partition coefficient (Wildman–Crippen LogP) is 1.79. The molecule has 0 bridgehead atoms. The Morgan fingerprint density at radius 3 is 2.93 bits per heavy atom. The minimum Gasteiger partial charge on any atom is -0.469 e. The van der Waals surface area contributed by atoms with Gasteiger partial charge in [-0.3, -0.25) is 14.9 Å². The summed E-state index contributed by atoms with van der Waals surface area (Å²) in [6.07, 6.45) is 5.48. The van der Waals surface area contributed by atoms with E-state index in [1.165, 1.54) is 12.3 Å². The lowest BCUT2D eigenvalue weighted by Crippen LogP contribution is -2.11. The van der Waals surface area contributed by atoms with Crippen LogP contribution in [-0.2, 0) is 4.79 Å². The average molecular weight is 209 g/mol. The van der Waals surface area contributed by atoms with E-state index in [0.29, 0.717) is 18.5 Å². The van der Waals surface area contributed by atoms with E-state index in [2.05, 4.69) is 0 Å². The van der Waals surface area contributed by atoms with E-state index in [1.807, 2.05) is 0 Å². The molecular formula is C10H11NO4. The molecule has 80 valence electrons. The maximum Gasteiger partial charge on any atom is 0.214 e. The van der Waals surface area contributed by atoms with Crippen LogP contribution in [0, 0.1) is 10.1 Å². The summed E-state index contributed by atoms with van der Waals surface area (Å²) in [6.45, 7) is -0.198. The molecule has 1 atom stereocenters. The summed E-state index contributed by atoms with van der Waals surface area (Å²) in [7, 11) is 0. The minimum absolute atomic E-state index is 0.198. The lowest BCUT2D eigenvalue weighted by molar-refractivity contribution is -0.483. The Morgan fingerprint density at radius 1 is 1.60 bits per heavy atom. The van der Waals surface area contributed by atoms with Crippen molar-refractivity contribution in [2.45, 2.75) is 12.3 Å². The third-order valence-corrected chi connectivity index (χ3v) is 1.95. The molecule has 1 rings (SSSR count). The van der Waals surface area contributed by atoms with Crippen molar-refractivity contribution < 1.29 is 14.1 Å². The molecule has 0 fully saturated rings. The largest absolute Gasteiger partial charge is 0.469 e. The lowest BCUT2D eigenvalue weighted by atomic mass is 10.0. The van der Waals surface area contributed by atoms with E-state index >= 15 is 0 Å². The van der Waals surface area contributed by atoms with Gasteiger partial charge in [0.1, 0.15) is 12.0 Å². The Morgan fingerprint density at radius 2 is 2.40 bits per heavy atom. The fourth-order valence-corrected chi connectivity index (χ4v) is 1.28. The first-order valence-electron chi connectivity index (χ1n) is 4.49. The second-order valence-electron chi connectivity index (χ2n) is 3.03. The first-order chi connectivity index (χ1) is 7.24. The van der Waals surface area contributed by atoms with E-state index in [-0.39, 0.29) is 17.4 Å². The summed E-state index contributed by atoms with van der Waals surface area (Å²) in [5.74, 6) is 0.258. The van der Waals surface area contributed by atoms with Crippen LogP contribution in [0.5, 0.6) is 0 Å². The number of rotatable bonds is 6. The molecule has 0 saturated carbocycles. The normalized spacial score (nSPS) is 12.8. The van der Waals surface area contributed by atoms with E-state index in [0.717, 1.165) is 0 Å². The summed E-state index contributed by atoms with van der Waals surface area (Å²) < 4.78 is 5.10. The van der Waals surface area contributed by atoms with Crippen LogP contribution < -0.4 is 0 Å². The molecule has 0 aliphatic heterocycles. The van der Waals surface area contributed by atoms with Crippen molar-refractivity contribution in [1.82, 2.24) is 0 Å². The summed E-state index contributed by atoms with van der Waals surface area (Å²) >= 11 is 0. The standard InChI is InChI=1S/C10H11NO4/c12-6-2-1-4-9(8-11(13)14)10-5-3-7-15-10/h1-3,5-7,9H,4,8H2/b2-1+. The van der Waals surface area contributed by atoms with Gasteiger partial charge < -0.3 is 4.42 Å². The molecule has 0 amide bonds. The summed E-state index contributed by atoms with van der Waals surface area (Å²) in [5.41, 5.74) is 0. The number of hydrogen-bond donors (Lipinski definition) is 0. The van der Waals surface area contributed by atoms with Gasteiger partial charge in [0.05, 0.1) is 12.2 Å². The first-order valence-corrected chi connectivity index (χ1v) is 4.49. The van der Waals surface area contributed by atoms with Crippen molar-refractivity contribution >= 4 is 6.29 Å². The van der Waals surface area contributed by atoms with Gasteiger partial charge in [-0.05, 0) is 24.6 Å². The molecule has 0 aromatic carbocycles. The second-order valence-corrected chi connectivity index (χ2v) is 3.03. The van der Waals surface area contributed by atoms with E-state index < -0.39 is 0 Å². The molecule has 15 heavy (non-hydrogen) atoms. The zero-order valence-corrected chi connectivity index (χ0v) is 8.04. The molecule has 5 heteroatoms. The van der Waals surface area contributed by atoms with Gasteiger partial charge in [0.2, 0.25) is 6.54 Å². The van der Waals surface area contributed by atoms with Crippen molar-refractivity contribution in [2.75, 3.05) is 6.54 Å². The van der Waals surface area contributed by atoms with Gasteiger partial charge in [0, 0.05) is 4.92 Å². The molecule has 0 N–H and O–H groups in total. The predicted molar refractivity (Wildman–Crippen MR) is 53.1 cm³/mol. The number of nitro groups is 1. The fourth-order valence-electron chi connectivity index (χ4n) is 1.28. The van der Waals surface area contributed by atoms with Gasteiger partial charge in [-0.1, -0.05) is 6.08 Å². The van der Waals surface area contributed by atoms with Gasteiger partial charge in [-0.15, -0.1) is 0 Å². The number of nitrogens with zero attached hydrogens (tertiary/aromatic N) is 1. The number of aldehydes is 1. The van der Waals surface area contributed by atoms with E-state index in [4.69, 9.17) is 4.42 Å². The molecule has 1 unspecified atom stereocenters. The Labute approximate surface area is 86.5 Å². The van der Waals surface area contributed by atoms with Crippen LogP contribution in [0.25, 0.3) is 0 Å². The summed E-state index contributed by atoms with van der Waals surface area (Å²) in [6, 6.07) is 3.38. The van der Waals surface area contributed by atoms with Crippen LogP contribution >= 0.6 is 0 Å². The quantitative estimate of drug-likeness (QED) is 0.310. The molecule has 0 saturated heterocycles. The van der Waals surface area contributed by atoms with Gasteiger partial charge in [0.15, 0.2) is 0 Å². The lowest BCUT2D eigenvalue weighted by Gasteiger charge is -2.06. The van der Waals surface area contributed by atoms with Gasteiger partial charge >= 0.3 is 0 Å². The van der Waals surface area contributed by atoms with Crippen LogP contribution in [0.2, 0.25) is 0 Å². The third-order valence-electron chi connectivity index (χ3n) is 1.95. The van der Waals surface area contributed by atoms with E-state index in [1.54, 1.807) is 18.2 Å². The highest BCUT2D eigenvalue weighted by atomic mass is 16.6.